The van der Waals surface area contributed by atoms with Gasteiger partial charge in [-0.05, 0) is 71.7 Å². The zero-order valence-electron chi connectivity index (χ0n) is 19.1. The molecule has 0 aliphatic carbocycles. The van der Waals surface area contributed by atoms with E-state index in [-0.39, 0.29) is 30.2 Å². The normalized spacial score (nSPS) is 15.2. The molecule has 0 fully saturated rings. The standard InChI is InChI=1S/C27H29FN2O2S/c1-3-15-29(27(32)21-7-5-19(4-2)6-8-21)18-25(31)30-16-13-24-23(14-17-33-24)26(30)20-9-11-22(28)12-10-20/h5-12,14,17,26H,3-4,13,15-16,18H2,1-2H3. The summed E-state index contributed by atoms with van der Waals surface area (Å²) in [5.41, 5.74) is 3.75. The summed E-state index contributed by atoms with van der Waals surface area (Å²) in [7, 11) is 0. The number of hydrogen-bond acceptors (Lipinski definition) is 3. The highest BCUT2D eigenvalue weighted by atomic mass is 32.1. The van der Waals surface area contributed by atoms with Crippen LogP contribution in [0.2, 0.25) is 0 Å². The first-order valence-electron chi connectivity index (χ1n) is 11.5. The minimum absolute atomic E-state index is 0.0272. The monoisotopic (exact) mass is 464 g/mol. The smallest absolute Gasteiger partial charge is 0.254 e. The first-order valence-corrected chi connectivity index (χ1v) is 12.4. The van der Waals surface area contributed by atoms with E-state index < -0.39 is 0 Å². The molecular formula is C27H29FN2O2S. The van der Waals surface area contributed by atoms with Crippen molar-refractivity contribution < 1.29 is 14.0 Å². The summed E-state index contributed by atoms with van der Waals surface area (Å²) in [6.45, 7) is 5.20. The molecule has 33 heavy (non-hydrogen) atoms. The second-order valence-electron chi connectivity index (χ2n) is 8.37. The number of benzene rings is 2. The van der Waals surface area contributed by atoms with E-state index in [1.165, 1.54) is 22.6 Å². The predicted octanol–water partition coefficient (Wildman–Crippen LogP) is 5.48. The van der Waals surface area contributed by atoms with Crippen LogP contribution in [0.15, 0.2) is 60.0 Å². The molecule has 172 valence electrons. The molecule has 4 nitrogen and oxygen atoms in total. The highest BCUT2D eigenvalue weighted by Crippen LogP contribution is 2.38. The molecule has 0 saturated heterocycles. The van der Waals surface area contributed by atoms with E-state index in [2.05, 4.69) is 13.0 Å². The Hall–Kier alpha value is -2.99. The molecular weight excluding hydrogens is 435 g/mol. The quantitative estimate of drug-likeness (QED) is 0.465. The van der Waals surface area contributed by atoms with E-state index >= 15 is 0 Å². The Kier molecular flexibility index (Phi) is 7.23. The first-order chi connectivity index (χ1) is 16.0. The Bertz CT molecular complexity index is 1110. The summed E-state index contributed by atoms with van der Waals surface area (Å²) >= 11 is 1.69. The summed E-state index contributed by atoms with van der Waals surface area (Å²) in [5, 5.41) is 2.04. The number of thiophene rings is 1. The van der Waals surface area contributed by atoms with E-state index in [1.54, 1.807) is 28.4 Å². The third-order valence-electron chi connectivity index (χ3n) is 6.19. The molecule has 0 bridgehead atoms. The Labute approximate surface area is 198 Å². The van der Waals surface area contributed by atoms with Gasteiger partial charge in [0.1, 0.15) is 12.4 Å². The lowest BCUT2D eigenvalue weighted by atomic mass is 9.93. The Morgan fingerprint density at radius 1 is 1.06 bits per heavy atom. The lowest BCUT2D eigenvalue weighted by Gasteiger charge is -2.37. The van der Waals surface area contributed by atoms with Crippen molar-refractivity contribution in [3.05, 3.63) is 92.9 Å². The number of carbonyl (C=O) groups excluding carboxylic acids is 2. The van der Waals surface area contributed by atoms with Gasteiger partial charge >= 0.3 is 0 Å². The fourth-order valence-electron chi connectivity index (χ4n) is 4.43. The summed E-state index contributed by atoms with van der Waals surface area (Å²) in [4.78, 5) is 31.5. The van der Waals surface area contributed by atoms with Gasteiger partial charge in [-0.15, -0.1) is 11.3 Å². The summed E-state index contributed by atoms with van der Waals surface area (Å²) in [6, 6.07) is 15.8. The first kappa shape index (κ1) is 23.2. The van der Waals surface area contributed by atoms with E-state index in [0.717, 1.165) is 30.4 Å². The van der Waals surface area contributed by atoms with Gasteiger partial charge < -0.3 is 9.80 Å². The van der Waals surface area contributed by atoms with Crippen molar-refractivity contribution in [2.24, 2.45) is 0 Å². The summed E-state index contributed by atoms with van der Waals surface area (Å²) < 4.78 is 13.6. The second kappa shape index (κ2) is 10.3. The number of carbonyl (C=O) groups is 2. The number of fused-ring (bicyclic) bond motifs is 1. The third-order valence-corrected chi connectivity index (χ3v) is 7.18. The number of nitrogens with zero attached hydrogens (tertiary/aromatic N) is 2. The zero-order valence-corrected chi connectivity index (χ0v) is 19.9. The minimum atomic E-state index is -0.299. The number of amides is 2. The van der Waals surface area contributed by atoms with Crippen LogP contribution in [0.1, 0.15) is 58.2 Å². The van der Waals surface area contributed by atoms with Crippen molar-refractivity contribution in [1.82, 2.24) is 9.80 Å². The van der Waals surface area contributed by atoms with Gasteiger partial charge in [0, 0.05) is 23.5 Å². The van der Waals surface area contributed by atoms with Gasteiger partial charge in [0.25, 0.3) is 5.91 Å². The topological polar surface area (TPSA) is 40.6 Å². The van der Waals surface area contributed by atoms with Crippen LogP contribution in [0.5, 0.6) is 0 Å². The maximum atomic E-state index is 13.6. The number of halogens is 1. The van der Waals surface area contributed by atoms with E-state index in [9.17, 15) is 14.0 Å². The van der Waals surface area contributed by atoms with Gasteiger partial charge in [-0.25, -0.2) is 4.39 Å². The van der Waals surface area contributed by atoms with Crippen molar-refractivity contribution >= 4 is 23.2 Å². The van der Waals surface area contributed by atoms with Crippen LogP contribution in [0.3, 0.4) is 0 Å². The molecule has 1 unspecified atom stereocenters. The fraction of sp³-hybridized carbons (Fsp3) is 0.333. The van der Waals surface area contributed by atoms with Gasteiger partial charge in [-0.3, -0.25) is 9.59 Å². The highest BCUT2D eigenvalue weighted by molar-refractivity contribution is 7.10. The van der Waals surface area contributed by atoms with Crippen molar-refractivity contribution in [2.75, 3.05) is 19.6 Å². The molecule has 2 aromatic carbocycles. The predicted molar refractivity (Wildman–Crippen MR) is 130 cm³/mol. The average molecular weight is 465 g/mol. The number of hydrogen-bond donors (Lipinski definition) is 0. The lowest BCUT2D eigenvalue weighted by molar-refractivity contribution is -0.134. The maximum Gasteiger partial charge on any atom is 0.254 e. The molecule has 2 heterocycles. The molecule has 1 aromatic heterocycles. The number of aryl methyl sites for hydroxylation is 1. The molecule has 1 atom stereocenters. The molecule has 0 N–H and O–H groups in total. The molecule has 0 radical (unpaired) electrons. The van der Waals surface area contributed by atoms with E-state index in [0.29, 0.717) is 18.7 Å². The molecule has 6 heteroatoms. The molecule has 4 rings (SSSR count). The minimum Gasteiger partial charge on any atom is -0.330 e. The van der Waals surface area contributed by atoms with Gasteiger partial charge in [-0.2, -0.15) is 0 Å². The maximum absolute atomic E-state index is 13.6. The van der Waals surface area contributed by atoms with Gasteiger partial charge in [-0.1, -0.05) is 38.1 Å². The molecule has 3 aromatic rings. The van der Waals surface area contributed by atoms with E-state index in [1.807, 2.05) is 41.5 Å². The van der Waals surface area contributed by atoms with Crippen LogP contribution < -0.4 is 0 Å². The molecule has 0 saturated carbocycles. The van der Waals surface area contributed by atoms with Crippen molar-refractivity contribution in [1.29, 1.82) is 0 Å². The molecule has 1 aliphatic heterocycles. The van der Waals surface area contributed by atoms with Crippen LogP contribution in [0, 0.1) is 5.82 Å². The zero-order chi connectivity index (χ0) is 23.4. The summed E-state index contributed by atoms with van der Waals surface area (Å²) in [5.74, 6) is -0.514. The van der Waals surface area contributed by atoms with Crippen molar-refractivity contribution in [3.8, 4) is 0 Å². The molecule has 1 aliphatic rings. The highest BCUT2D eigenvalue weighted by Gasteiger charge is 2.34. The fourth-order valence-corrected chi connectivity index (χ4v) is 5.34. The Morgan fingerprint density at radius 3 is 2.45 bits per heavy atom. The van der Waals surface area contributed by atoms with Crippen LogP contribution in [0.25, 0.3) is 0 Å². The van der Waals surface area contributed by atoms with Crippen molar-refractivity contribution in [2.45, 2.75) is 39.2 Å². The van der Waals surface area contributed by atoms with Gasteiger partial charge in [0.05, 0.1) is 6.04 Å². The lowest BCUT2D eigenvalue weighted by Crippen LogP contribution is -2.47. The van der Waals surface area contributed by atoms with Crippen LogP contribution in [0.4, 0.5) is 4.39 Å². The van der Waals surface area contributed by atoms with Gasteiger partial charge in [0.15, 0.2) is 0 Å². The molecule has 2 amide bonds. The average Bonchev–Trinajstić information content (AvgIpc) is 3.32. The second-order valence-corrected chi connectivity index (χ2v) is 9.37. The number of rotatable bonds is 7. The van der Waals surface area contributed by atoms with E-state index in [4.69, 9.17) is 0 Å². The van der Waals surface area contributed by atoms with Crippen LogP contribution in [-0.4, -0.2) is 41.2 Å². The Morgan fingerprint density at radius 2 is 1.79 bits per heavy atom. The van der Waals surface area contributed by atoms with Crippen molar-refractivity contribution in [3.63, 3.8) is 0 Å². The van der Waals surface area contributed by atoms with Crippen LogP contribution in [-0.2, 0) is 17.6 Å². The third kappa shape index (κ3) is 5.01. The Balaban J connectivity index is 1.58. The largest absolute Gasteiger partial charge is 0.330 e. The van der Waals surface area contributed by atoms with Gasteiger partial charge in [0.2, 0.25) is 5.91 Å². The molecule has 0 spiro atoms. The SMILES string of the molecule is CCCN(CC(=O)N1CCc2sccc2C1c1ccc(F)cc1)C(=O)c1ccc(CC)cc1. The van der Waals surface area contributed by atoms with Crippen LogP contribution >= 0.6 is 11.3 Å². The summed E-state index contributed by atoms with van der Waals surface area (Å²) in [6.07, 6.45) is 2.47.